The highest BCUT2D eigenvalue weighted by Crippen LogP contribution is 2.41. The van der Waals surface area contributed by atoms with Crippen LogP contribution in [0.1, 0.15) is 6.42 Å². The van der Waals surface area contributed by atoms with Crippen molar-refractivity contribution < 1.29 is 19.6 Å². The molecule has 0 spiro atoms. The Morgan fingerprint density at radius 3 is 2.70 bits per heavy atom. The lowest BCUT2D eigenvalue weighted by Gasteiger charge is -2.17. The zero-order valence-corrected chi connectivity index (χ0v) is 10.8. The van der Waals surface area contributed by atoms with Gasteiger partial charge in [0.2, 0.25) is 17.6 Å². The monoisotopic (exact) mass is 299 g/mol. The van der Waals surface area contributed by atoms with Crippen LogP contribution in [-0.4, -0.2) is 28.4 Å². The third-order valence-electron chi connectivity index (χ3n) is 3.05. The van der Waals surface area contributed by atoms with Crippen LogP contribution >= 0.6 is 11.6 Å². The number of halogens is 1. The number of primary amides is 1. The van der Waals surface area contributed by atoms with Gasteiger partial charge in [-0.15, -0.1) is 0 Å². The Bertz CT molecular complexity index is 618. The Kier molecular flexibility index (Phi) is 3.49. The molecule has 1 heterocycles. The lowest BCUT2D eigenvalue weighted by atomic mass is 10.1. The van der Waals surface area contributed by atoms with Gasteiger partial charge in [-0.05, 0) is 6.07 Å². The predicted octanol–water partition coefficient (Wildman–Crippen LogP) is 0.792. The van der Waals surface area contributed by atoms with Crippen LogP contribution in [0.3, 0.4) is 0 Å². The first-order chi connectivity index (χ1) is 9.31. The van der Waals surface area contributed by atoms with Gasteiger partial charge in [-0.1, -0.05) is 11.6 Å². The summed E-state index contributed by atoms with van der Waals surface area (Å²) in [4.78, 5) is 34.0. The first kappa shape index (κ1) is 14.1. The van der Waals surface area contributed by atoms with Crippen LogP contribution in [-0.2, 0) is 9.59 Å². The molecule has 2 rings (SSSR count). The number of anilines is 1. The molecule has 0 radical (unpaired) electrons. The highest BCUT2D eigenvalue weighted by molar-refractivity contribution is 6.31. The number of nitro groups is 1. The average Bonchev–Trinajstić information content (AvgIpc) is 2.73. The molecule has 1 aliphatic rings. The summed E-state index contributed by atoms with van der Waals surface area (Å²) in [5.74, 6) is -2.46. The highest BCUT2D eigenvalue weighted by Gasteiger charge is 2.36. The third-order valence-corrected chi connectivity index (χ3v) is 3.27. The highest BCUT2D eigenvalue weighted by atomic mass is 35.5. The van der Waals surface area contributed by atoms with E-state index in [0.717, 1.165) is 11.0 Å². The van der Waals surface area contributed by atoms with Crippen LogP contribution in [0.2, 0.25) is 5.02 Å². The lowest BCUT2D eigenvalue weighted by molar-refractivity contribution is -0.385. The standard InChI is InChI=1S/C11H10ClN3O5/c12-6-2-7(10(17)8(3-6)15(19)20)14-4-5(11(13)18)1-9(14)16/h2-3,5,17H,1,4H2,(H2,13,18). The van der Waals surface area contributed by atoms with Crippen LogP contribution < -0.4 is 10.6 Å². The molecule has 1 aromatic rings. The lowest BCUT2D eigenvalue weighted by Crippen LogP contribution is -2.28. The number of carbonyl (C=O) groups is 2. The quantitative estimate of drug-likeness (QED) is 0.630. The molecule has 1 saturated heterocycles. The summed E-state index contributed by atoms with van der Waals surface area (Å²) in [6, 6.07) is 2.21. The molecule has 20 heavy (non-hydrogen) atoms. The molecule has 0 saturated carbocycles. The number of benzene rings is 1. The summed E-state index contributed by atoms with van der Waals surface area (Å²) in [7, 11) is 0. The van der Waals surface area contributed by atoms with Gasteiger partial charge in [-0.2, -0.15) is 0 Å². The van der Waals surface area contributed by atoms with E-state index in [9.17, 15) is 24.8 Å². The second-order valence-electron chi connectivity index (χ2n) is 4.36. The normalized spacial score (nSPS) is 18.4. The van der Waals surface area contributed by atoms with Gasteiger partial charge in [0.05, 0.1) is 16.5 Å². The van der Waals surface area contributed by atoms with Gasteiger partial charge in [0.15, 0.2) is 0 Å². The first-order valence-electron chi connectivity index (χ1n) is 5.58. The summed E-state index contributed by atoms with van der Waals surface area (Å²) in [6.45, 7) is -0.0424. The maximum atomic E-state index is 11.8. The van der Waals surface area contributed by atoms with E-state index in [1.807, 2.05) is 0 Å². The zero-order chi connectivity index (χ0) is 15.0. The molecular formula is C11H10ClN3O5. The number of phenols is 1. The SMILES string of the molecule is NC(=O)C1CC(=O)N(c2cc(Cl)cc([N+](=O)[O-])c2O)C1. The van der Waals surface area contributed by atoms with Crippen LogP contribution in [0, 0.1) is 16.0 Å². The molecule has 9 heteroatoms. The summed E-state index contributed by atoms with van der Waals surface area (Å²) < 4.78 is 0. The van der Waals surface area contributed by atoms with Gasteiger partial charge < -0.3 is 15.7 Å². The molecule has 1 unspecified atom stereocenters. The number of rotatable bonds is 3. The number of nitro benzene ring substituents is 1. The van der Waals surface area contributed by atoms with E-state index in [1.165, 1.54) is 6.07 Å². The minimum Gasteiger partial charge on any atom is -0.501 e. The van der Waals surface area contributed by atoms with Crippen molar-refractivity contribution in [3.05, 3.63) is 27.3 Å². The van der Waals surface area contributed by atoms with Gasteiger partial charge in [0.1, 0.15) is 0 Å². The predicted molar refractivity (Wildman–Crippen MR) is 69.4 cm³/mol. The number of nitrogens with zero attached hydrogens (tertiary/aromatic N) is 2. The second kappa shape index (κ2) is 4.97. The molecule has 0 aliphatic carbocycles. The van der Waals surface area contributed by atoms with E-state index in [1.54, 1.807) is 0 Å². The van der Waals surface area contributed by atoms with E-state index in [4.69, 9.17) is 17.3 Å². The Hall–Kier alpha value is -2.35. The second-order valence-corrected chi connectivity index (χ2v) is 4.79. The maximum Gasteiger partial charge on any atom is 0.314 e. The molecule has 0 aromatic heterocycles. The first-order valence-corrected chi connectivity index (χ1v) is 5.95. The third kappa shape index (κ3) is 2.37. The topological polar surface area (TPSA) is 127 Å². The van der Waals surface area contributed by atoms with Crippen molar-refractivity contribution in [3.8, 4) is 5.75 Å². The molecule has 0 bridgehead atoms. The molecule has 1 atom stereocenters. The molecule has 1 aromatic carbocycles. The van der Waals surface area contributed by atoms with Crippen molar-refractivity contribution >= 4 is 34.8 Å². The van der Waals surface area contributed by atoms with E-state index < -0.39 is 34.1 Å². The zero-order valence-electron chi connectivity index (χ0n) is 10.1. The molecule has 1 fully saturated rings. The van der Waals surface area contributed by atoms with Crippen LogP contribution in [0.4, 0.5) is 11.4 Å². The van der Waals surface area contributed by atoms with Crippen molar-refractivity contribution in [1.29, 1.82) is 0 Å². The number of aromatic hydroxyl groups is 1. The number of carbonyl (C=O) groups excluding carboxylic acids is 2. The van der Waals surface area contributed by atoms with Crippen LogP contribution in [0.15, 0.2) is 12.1 Å². The summed E-state index contributed by atoms with van der Waals surface area (Å²) >= 11 is 5.75. The van der Waals surface area contributed by atoms with E-state index in [-0.39, 0.29) is 23.7 Å². The summed E-state index contributed by atoms with van der Waals surface area (Å²) in [6.07, 6.45) is -0.102. The molecule has 1 aliphatic heterocycles. The van der Waals surface area contributed by atoms with E-state index in [0.29, 0.717) is 0 Å². The average molecular weight is 300 g/mol. The number of phenolic OH excluding ortho intramolecular Hbond substituents is 1. The maximum absolute atomic E-state index is 11.8. The fourth-order valence-electron chi connectivity index (χ4n) is 2.05. The van der Waals surface area contributed by atoms with Gasteiger partial charge in [0, 0.05) is 24.1 Å². The fourth-order valence-corrected chi connectivity index (χ4v) is 2.25. The Balaban J connectivity index is 2.46. The molecular weight excluding hydrogens is 290 g/mol. The minimum absolute atomic E-state index is 0.000162. The molecule has 3 N–H and O–H groups in total. The molecule has 106 valence electrons. The van der Waals surface area contributed by atoms with Crippen molar-refractivity contribution in [2.75, 3.05) is 11.4 Å². The van der Waals surface area contributed by atoms with Gasteiger partial charge >= 0.3 is 5.69 Å². The van der Waals surface area contributed by atoms with Crippen molar-refractivity contribution in [2.24, 2.45) is 11.7 Å². The Morgan fingerprint density at radius 1 is 1.55 bits per heavy atom. The van der Waals surface area contributed by atoms with Gasteiger partial charge in [-0.25, -0.2) is 0 Å². The summed E-state index contributed by atoms with van der Waals surface area (Å²) in [5, 5.41) is 20.7. The number of nitrogens with two attached hydrogens (primary N) is 1. The van der Waals surface area contributed by atoms with Crippen LogP contribution in [0.5, 0.6) is 5.75 Å². The largest absolute Gasteiger partial charge is 0.501 e. The Labute approximate surface area is 117 Å². The van der Waals surface area contributed by atoms with E-state index >= 15 is 0 Å². The number of amides is 2. The van der Waals surface area contributed by atoms with Gasteiger partial charge in [0.25, 0.3) is 0 Å². The summed E-state index contributed by atoms with van der Waals surface area (Å²) in [5.41, 5.74) is 4.42. The van der Waals surface area contributed by atoms with E-state index in [2.05, 4.69) is 0 Å². The fraction of sp³-hybridized carbons (Fsp3) is 0.273. The van der Waals surface area contributed by atoms with Crippen molar-refractivity contribution in [3.63, 3.8) is 0 Å². The van der Waals surface area contributed by atoms with Crippen LogP contribution in [0.25, 0.3) is 0 Å². The minimum atomic E-state index is -0.809. The number of hydrogen-bond donors (Lipinski definition) is 2. The Morgan fingerprint density at radius 2 is 2.20 bits per heavy atom. The van der Waals surface area contributed by atoms with Crippen molar-refractivity contribution in [2.45, 2.75) is 6.42 Å². The smallest absolute Gasteiger partial charge is 0.314 e. The van der Waals surface area contributed by atoms with Crippen molar-refractivity contribution in [1.82, 2.24) is 0 Å². The number of hydrogen-bond acceptors (Lipinski definition) is 5. The molecule has 8 nitrogen and oxygen atoms in total. The van der Waals surface area contributed by atoms with Gasteiger partial charge in [-0.3, -0.25) is 19.7 Å². The molecule has 2 amide bonds.